The molecular weight excluding hydrogens is 294 g/mol. The number of aryl methyl sites for hydroxylation is 1. The molecule has 0 bridgehead atoms. The Hall–Kier alpha value is -0.870. The van der Waals surface area contributed by atoms with Crippen LogP contribution in [0.5, 0.6) is 0 Å². The van der Waals surface area contributed by atoms with Gasteiger partial charge in [0.25, 0.3) is 5.91 Å². The molecule has 18 heavy (non-hydrogen) atoms. The molecule has 0 heterocycles. The molecule has 0 saturated carbocycles. The van der Waals surface area contributed by atoms with Gasteiger partial charge < -0.3 is 10.1 Å². The minimum absolute atomic E-state index is 0.0462. The Morgan fingerprint density at radius 1 is 1.44 bits per heavy atom. The fourth-order valence-corrected chi connectivity index (χ4v) is 1.96. The highest BCUT2D eigenvalue weighted by atomic mass is 79.9. The van der Waals surface area contributed by atoms with Gasteiger partial charge in [0.15, 0.2) is 0 Å². The number of ether oxygens (including phenoxy) is 1. The number of hydrogen-bond acceptors (Lipinski definition) is 2. The lowest BCUT2D eigenvalue weighted by Gasteiger charge is -2.10. The van der Waals surface area contributed by atoms with Gasteiger partial charge in [-0.05, 0) is 54.8 Å². The van der Waals surface area contributed by atoms with Crippen LogP contribution in [0, 0.1) is 6.92 Å². The smallest absolute Gasteiger partial charge is 0.252 e. The second-order valence-corrected chi connectivity index (χ2v) is 5.26. The van der Waals surface area contributed by atoms with Crippen molar-refractivity contribution in [1.29, 1.82) is 0 Å². The second-order valence-electron chi connectivity index (χ2n) is 4.47. The van der Waals surface area contributed by atoms with Crippen molar-refractivity contribution in [2.45, 2.75) is 33.3 Å². The molecule has 0 aliphatic heterocycles. The number of rotatable bonds is 6. The molecule has 0 aliphatic rings. The van der Waals surface area contributed by atoms with Crippen molar-refractivity contribution in [2.24, 2.45) is 0 Å². The van der Waals surface area contributed by atoms with Crippen molar-refractivity contribution in [3.05, 3.63) is 33.8 Å². The van der Waals surface area contributed by atoms with E-state index in [-0.39, 0.29) is 12.0 Å². The third-order valence-electron chi connectivity index (χ3n) is 2.49. The lowest BCUT2D eigenvalue weighted by molar-refractivity contribution is 0.0757. The molecule has 0 spiro atoms. The van der Waals surface area contributed by atoms with E-state index in [1.165, 1.54) is 0 Å². The summed E-state index contributed by atoms with van der Waals surface area (Å²) in [7, 11) is 0. The average Bonchev–Trinajstić information content (AvgIpc) is 2.31. The highest BCUT2D eigenvalue weighted by molar-refractivity contribution is 9.10. The van der Waals surface area contributed by atoms with Gasteiger partial charge in [0.1, 0.15) is 0 Å². The van der Waals surface area contributed by atoms with Crippen LogP contribution in [0.1, 0.15) is 36.2 Å². The third-order valence-corrected chi connectivity index (χ3v) is 3.55. The normalized spacial score (nSPS) is 10.7. The summed E-state index contributed by atoms with van der Waals surface area (Å²) < 4.78 is 6.27. The van der Waals surface area contributed by atoms with E-state index in [9.17, 15) is 4.79 Å². The zero-order valence-electron chi connectivity index (χ0n) is 11.1. The third kappa shape index (κ3) is 4.78. The van der Waals surface area contributed by atoms with Gasteiger partial charge in [-0.3, -0.25) is 4.79 Å². The van der Waals surface area contributed by atoms with Crippen LogP contribution in [-0.4, -0.2) is 25.2 Å². The summed E-state index contributed by atoms with van der Waals surface area (Å²) in [5.74, 6) is -0.0462. The quantitative estimate of drug-likeness (QED) is 0.818. The van der Waals surface area contributed by atoms with Gasteiger partial charge in [0, 0.05) is 17.6 Å². The molecule has 0 atom stereocenters. The molecular formula is C14H20BrNO2. The van der Waals surface area contributed by atoms with E-state index in [2.05, 4.69) is 21.2 Å². The molecule has 3 nitrogen and oxygen atoms in total. The van der Waals surface area contributed by atoms with Crippen LogP contribution in [0.3, 0.4) is 0 Å². The zero-order valence-corrected chi connectivity index (χ0v) is 12.7. The van der Waals surface area contributed by atoms with Crippen LogP contribution in [0.4, 0.5) is 0 Å². The van der Waals surface area contributed by atoms with Crippen LogP contribution in [-0.2, 0) is 4.74 Å². The molecule has 1 amide bonds. The van der Waals surface area contributed by atoms with E-state index in [1.807, 2.05) is 39.0 Å². The predicted molar refractivity (Wildman–Crippen MR) is 76.9 cm³/mol. The molecule has 100 valence electrons. The number of carbonyl (C=O) groups excluding carboxylic acids is 1. The second kappa shape index (κ2) is 7.54. The van der Waals surface area contributed by atoms with Gasteiger partial charge in [-0.2, -0.15) is 0 Å². The molecule has 0 unspecified atom stereocenters. The van der Waals surface area contributed by atoms with Gasteiger partial charge in [-0.15, -0.1) is 0 Å². The van der Waals surface area contributed by atoms with Gasteiger partial charge >= 0.3 is 0 Å². The van der Waals surface area contributed by atoms with E-state index in [0.717, 1.165) is 16.5 Å². The topological polar surface area (TPSA) is 38.3 Å². The summed E-state index contributed by atoms with van der Waals surface area (Å²) in [5.41, 5.74) is 1.74. The largest absolute Gasteiger partial charge is 0.379 e. The maximum Gasteiger partial charge on any atom is 0.252 e. The molecule has 0 saturated heterocycles. The van der Waals surface area contributed by atoms with Crippen molar-refractivity contribution >= 4 is 21.8 Å². The number of benzene rings is 1. The molecule has 0 fully saturated rings. The molecule has 1 rings (SSSR count). The zero-order chi connectivity index (χ0) is 13.5. The molecule has 0 aliphatic carbocycles. The lowest BCUT2D eigenvalue weighted by Crippen LogP contribution is -2.26. The molecule has 0 aromatic heterocycles. The van der Waals surface area contributed by atoms with E-state index in [4.69, 9.17) is 4.74 Å². The summed E-state index contributed by atoms with van der Waals surface area (Å²) in [5, 5.41) is 2.89. The summed E-state index contributed by atoms with van der Waals surface area (Å²) in [6.45, 7) is 7.28. The highest BCUT2D eigenvalue weighted by Crippen LogP contribution is 2.20. The maximum absolute atomic E-state index is 11.9. The van der Waals surface area contributed by atoms with Crippen LogP contribution in [0.25, 0.3) is 0 Å². The summed E-state index contributed by atoms with van der Waals surface area (Å²) in [6, 6.07) is 5.67. The Morgan fingerprint density at radius 2 is 2.17 bits per heavy atom. The van der Waals surface area contributed by atoms with E-state index < -0.39 is 0 Å². The predicted octanol–water partition coefficient (Wildman–Crippen LogP) is 3.30. The molecule has 1 N–H and O–H groups in total. The fourth-order valence-electron chi connectivity index (χ4n) is 1.51. The Morgan fingerprint density at radius 3 is 2.83 bits per heavy atom. The van der Waals surface area contributed by atoms with Crippen molar-refractivity contribution in [1.82, 2.24) is 5.32 Å². The van der Waals surface area contributed by atoms with Crippen LogP contribution in [0.15, 0.2) is 22.7 Å². The summed E-state index contributed by atoms with van der Waals surface area (Å²) >= 11 is 3.44. The Kier molecular flexibility index (Phi) is 6.36. The van der Waals surface area contributed by atoms with Crippen LogP contribution in [0.2, 0.25) is 0 Å². The first-order valence-electron chi connectivity index (χ1n) is 6.17. The Labute approximate surface area is 117 Å². The summed E-state index contributed by atoms with van der Waals surface area (Å²) in [6.07, 6.45) is 1.07. The summed E-state index contributed by atoms with van der Waals surface area (Å²) in [4.78, 5) is 11.9. The van der Waals surface area contributed by atoms with Gasteiger partial charge in [0.05, 0.1) is 11.7 Å². The van der Waals surface area contributed by atoms with E-state index in [0.29, 0.717) is 18.7 Å². The van der Waals surface area contributed by atoms with Crippen molar-refractivity contribution < 1.29 is 9.53 Å². The van der Waals surface area contributed by atoms with Crippen molar-refractivity contribution in [3.8, 4) is 0 Å². The van der Waals surface area contributed by atoms with E-state index in [1.54, 1.807) is 0 Å². The van der Waals surface area contributed by atoms with Crippen LogP contribution >= 0.6 is 15.9 Å². The first kappa shape index (κ1) is 15.2. The number of nitrogens with one attached hydrogen (secondary N) is 1. The monoisotopic (exact) mass is 313 g/mol. The van der Waals surface area contributed by atoms with Gasteiger partial charge in [-0.1, -0.05) is 12.1 Å². The van der Waals surface area contributed by atoms with E-state index >= 15 is 0 Å². The lowest BCUT2D eigenvalue weighted by atomic mass is 10.1. The van der Waals surface area contributed by atoms with Gasteiger partial charge in [-0.25, -0.2) is 0 Å². The fraction of sp³-hybridized carbons (Fsp3) is 0.500. The van der Waals surface area contributed by atoms with Crippen LogP contribution < -0.4 is 5.32 Å². The standard InChI is InChI=1S/C14H20BrNO2/c1-10(2)18-9-5-8-16-14(17)12-7-4-6-11(3)13(12)15/h4,6-7,10H,5,8-9H2,1-3H3,(H,16,17). The maximum atomic E-state index is 11.9. The molecule has 0 radical (unpaired) electrons. The SMILES string of the molecule is Cc1cccc(C(=O)NCCCOC(C)C)c1Br. The first-order chi connectivity index (χ1) is 8.52. The molecule has 1 aromatic carbocycles. The molecule has 4 heteroatoms. The molecule has 1 aromatic rings. The number of amides is 1. The number of halogens is 1. The minimum Gasteiger partial charge on any atom is -0.379 e. The Balaban J connectivity index is 2.39. The number of carbonyl (C=O) groups is 1. The van der Waals surface area contributed by atoms with Crippen molar-refractivity contribution in [3.63, 3.8) is 0 Å². The minimum atomic E-state index is -0.0462. The Bertz CT molecular complexity index is 405. The van der Waals surface area contributed by atoms with Crippen molar-refractivity contribution in [2.75, 3.05) is 13.2 Å². The average molecular weight is 314 g/mol. The number of hydrogen-bond donors (Lipinski definition) is 1. The highest BCUT2D eigenvalue weighted by Gasteiger charge is 2.10. The van der Waals surface area contributed by atoms with Gasteiger partial charge in [0.2, 0.25) is 0 Å². The first-order valence-corrected chi connectivity index (χ1v) is 6.96.